The number of hydrogen-bond donors (Lipinski definition) is 2. The van der Waals surface area contributed by atoms with E-state index in [1.807, 2.05) is 25.1 Å². The molecule has 0 aliphatic heterocycles. The van der Waals surface area contributed by atoms with Crippen LogP contribution in [0.25, 0.3) is 0 Å². The highest BCUT2D eigenvalue weighted by molar-refractivity contribution is 7.84. The van der Waals surface area contributed by atoms with E-state index in [1.165, 1.54) is 0 Å². The van der Waals surface area contributed by atoms with Crippen molar-refractivity contribution in [3.8, 4) is 0 Å². The van der Waals surface area contributed by atoms with Crippen LogP contribution >= 0.6 is 25.3 Å². The Balaban J connectivity index is 2.90. The fourth-order valence-corrected chi connectivity index (χ4v) is 1.39. The van der Waals surface area contributed by atoms with E-state index in [1.54, 1.807) is 25.1 Å². The first-order chi connectivity index (χ1) is 7.50. The Morgan fingerprint density at radius 3 is 2.19 bits per heavy atom. The lowest BCUT2D eigenvalue weighted by atomic mass is 10.0. The molecule has 0 spiro atoms. The summed E-state index contributed by atoms with van der Waals surface area (Å²) in [5.74, 6) is 0.0270. The molecule has 0 N–H and O–H groups in total. The molecule has 3 heteroatoms. The highest BCUT2D eigenvalue weighted by atomic mass is 32.1. The molecular formula is C13H14OS2. The molecule has 0 amide bonds. The fraction of sp³-hybridized carbons (Fsp3) is 0.154. The van der Waals surface area contributed by atoms with Crippen LogP contribution in [0.4, 0.5) is 0 Å². The van der Waals surface area contributed by atoms with E-state index in [0.717, 1.165) is 9.80 Å². The molecule has 1 nitrogen and oxygen atoms in total. The minimum Gasteiger partial charge on any atom is -0.289 e. The maximum atomic E-state index is 11.9. The highest BCUT2D eigenvalue weighted by Crippen LogP contribution is 2.12. The van der Waals surface area contributed by atoms with Crippen molar-refractivity contribution in [1.82, 2.24) is 0 Å². The molecule has 0 unspecified atom stereocenters. The molecule has 0 atom stereocenters. The Morgan fingerprint density at radius 2 is 1.69 bits per heavy atom. The molecule has 0 aliphatic carbocycles. The van der Waals surface area contributed by atoms with Crippen LogP contribution in [-0.4, -0.2) is 5.78 Å². The number of allylic oxidation sites excluding steroid dienone is 4. The van der Waals surface area contributed by atoms with Gasteiger partial charge in [0.2, 0.25) is 0 Å². The third-order valence-electron chi connectivity index (χ3n) is 2.06. The van der Waals surface area contributed by atoms with Gasteiger partial charge in [-0.2, -0.15) is 0 Å². The summed E-state index contributed by atoms with van der Waals surface area (Å²) < 4.78 is 0. The molecule has 1 aromatic rings. The van der Waals surface area contributed by atoms with Crippen molar-refractivity contribution in [2.75, 3.05) is 0 Å². The summed E-state index contributed by atoms with van der Waals surface area (Å²) in [5, 5.41) is 0. The van der Waals surface area contributed by atoms with Crippen molar-refractivity contribution in [3.05, 3.63) is 52.5 Å². The summed E-state index contributed by atoms with van der Waals surface area (Å²) in [6, 6.07) is 7.17. The first kappa shape index (κ1) is 13.1. The van der Waals surface area contributed by atoms with Crippen LogP contribution in [0.3, 0.4) is 0 Å². The van der Waals surface area contributed by atoms with Crippen molar-refractivity contribution in [3.63, 3.8) is 0 Å². The fourth-order valence-electron chi connectivity index (χ4n) is 1.16. The number of carbonyl (C=O) groups excluding carboxylic acids is 1. The molecule has 0 fully saturated rings. The first-order valence-electron chi connectivity index (χ1n) is 4.88. The van der Waals surface area contributed by atoms with E-state index in [9.17, 15) is 4.79 Å². The maximum absolute atomic E-state index is 11.9. The molecule has 0 bridgehead atoms. The largest absolute Gasteiger partial charge is 0.289 e. The van der Waals surface area contributed by atoms with Crippen LogP contribution in [-0.2, 0) is 0 Å². The van der Waals surface area contributed by atoms with Crippen LogP contribution < -0.4 is 0 Å². The van der Waals surface area contributed by atoms with Crippen LogP contribution in [0.15, 0.2) is 51.8 Å². The number of rotatable bonds is 3. The lowest BCUT2D eigenvalue weighted by Gasteiger charge is -2.00. The number of thiol groups is 2. The van der Waals surface area contributed by atoms with Gasteiger partial charge in [0.05, 0.1) is 0 Å². The van der Waals surface area contributed by atoms with Crippen molar-refractivity contribution >= 4 is 31.0 Å². The zero-order valence-corrected chi connectivity index (χ0v) is 11.1. The van der Waals surface area contributed by atoms with E-state index in [0.29, 0.717) is 11.1 Å². The van der Waals surface area contributed by atoms with Gasteiger partial charge in [-0.3, -0.25) is 4.79 Å². The molecule has 1 aromatic carbocycles. The van der Waals surface area contributed by atoms with Gasteiger partial charge in [0, 0.05) is 10.5 Å². The number of ketones is 1. The molecule has 0 saturated heterocycles. The van der Waals surface area contributed by atoms with Gasteiger partial charge in [-0.05, 0) is 48.6 Å². The molecule has 0 saturated carbocycles. The Labute approximate surface area is 107 Å². The SMILES string of the molecule is C/C(S)=C\C=C(/C)C(=O)c1ccc(S)cc1. The number of carbonyl (C=O) groups is 1. The summed E-state index contributed by atoms with van der Waals surface area (Å²) in [7, 11) is 0. The van der Waals surface area contributed by atoms with Crippen LogP contribution in [0.5, 0.6) is 0 Å². The zero-order chi connectivity index (χ0) is 12.1. The van der Waals surface area contributed by atoms with Crippen molar-refractivity contribution in [2.45, 2.75) is 18.7 Å². The number of hydrogen-bond acceptors (Lipinski definition) is 3. The van der Waals surface area contributed by atoms with Crippen molar-refractivity contribution < 1.29 is 4.79 Å². The lowest BCUT2D eigenvalue weighted by Crippen LogP contribution is -1.99. The second-order valence-corrected chi connectivity index (χ2v) is 4.76. The van der Waals surface area contributed by atoms with Gasteiger partial charge in [-0.1, -0.05) is 12.2 Å². The molecule has 84 valence electrons. The summed E-state index contributed by atoms with van der Waals surface area (Å²) in [5.41, 5.74) is 1.37. The summed E-state index contributed by atoms with van der Waals surface area (Å²) in [6.07, 6.45) is 3.59. The highest BCUT2D eigenvalue weighted by Gasteiger charge is 2.06. The zero-order valence-electron chi connectivity index (χ0n) is 9.27. The van der Waals surface area contributed by atoms with Gasteiger partial charge in [-0.15, -0.1) is 25.3 Å². The normalized spacial score (nSPS) is 12.8. The second-order valence-electron chi connectivity index (χ2n) is 3.53. The van der Waals surface area contributed by atoms with Crippen molar-refractivity contribution in [1.29, 1.82) is 0 Å². The Morgan fingerprint density at radius 1 is 1.12 bits per heavy atom. The van der Waals surface area contributed by atoms with E-state index in [4.69, 9.17) is 0 Å². The second kappa shape index (κ2) is 5.97. The molecule has 0 radical (unpaired) electrons. The molecule has 0 aliphatic rings. The standard InChI is InChI=1S/C13H14OS2/c1-9(3-4-10(2)15)13(14)11-5-7-12(16)8-6-11/h3-8,15-16H,1-2H3/b9-3+,10-4+. The molecular weight excluding hydrogens is 236 g/mol. The number of benzene rings is 1. The van der Waals surface area contributed by atoms with E-state index >= 15 is 0 Å². The van der Waals surface area contributed by atoms with Crippen LogP contribution in [0, 0.1) is 0 Å². The predicted octanol–water partition coefficient (Wildman–Crippen LogP) is 3.94. The molecule has 0 aromatic heterocycles. The van der Waals surface area contributed by atoms with Crippen molar-refractivity contribution in [2.24, 2.45) is 0 Å². The Kier molecular flexibility index (Phi) is 4.90. The van der Waals surface area contributed by atoms with Gasteiger partial charge in [-0.25, -0.2) is 0 Å². The first-order valence-corrected chi connectivity index (χ1v) is 5.78. The predicted molar refractivity (Wildman–Crippen MR) is 74.5 cm³/mol. The Bertz CT molecular complexity index is 438. The van der Waals surface area contributed by atoms with Gasteiger partial charge >= 0.3 is 0 Å². The van der Waals surface area contributed by atoms with Gasteiger partial charge in [0.1, 0.15) is 0 Å². The average Bonchev–Trinajstić information content (AvgIpc) is 2.26. The maximum Gasteiger partial charge on any atom is 0.188 e. The summed E-state index contributed by atoms with van der Waals surface area (Å²) >= 11 is 8.31. The monoisotopic (exact) mass is 250 g/mol. The Hall–Kier alpha value is -0.930. The van der Waals surface area contributed by atoms with E-state index in [2.05, 4.69) is 25.3 Å². The molecule has 0 heterocycles. The third-order valence-corrected chi connectivity index (χ3v) is 2.51. The van der Waals surface area contributed by atoms with Crippen LogP contribution in [0.2, 0.25) is 0 Å². The third kappa shape index (κ3) is 3.91. The van der Waals surface area contributed by atoms with Crippen LogP contribution in [0.1, 0.15) is 24.2 Å². The molecule has 16 heavy (non-hydrogen) atoms. The van der Waals surface area contributed by atoms with E-state index in [-0.39, 0.29) is 5.78 Å². The quantitative estimate of drug-likeness (QED) is 0.360. The van der Waals surface area contributed by atoms with E-state index < -0.39 is 0 Å². The number of Topliss-reactive ketones (excluding diaryl/α,β-unsaturated/α-hetero) is 1. The summed E-state index contributed by atoms with van der Waals surface area (Å²) in [6.45, 7) is 3.66. The smallest absolute Gasteiger partial charge is 0.188 e. The lowest BCUT2D eigenvalue weighted by molar-refractivity contribution is 0.103. The van der Waals surface area contributed by atoms with Gasteiger partial charge in [0.25, 0.3) is 0 Å². The average molecular weight is 250 g/mol. The topological polar surface area (TPSA) is 17.1 Å². The summed E-state index contributed by atoms with van der Waals surface area (Å²) in [4.78, 5) is 13.6. The minimum absolute atomic E-state index is 0.0270. The molecule has 1 rings (SSSR count). The van der Waals surface area contributed by atoms with Gasteiger partial charge < -0.3 is 0 Å². The van der Waals surface area contributed by atoms with Gasteiger partial charge in [0.15, 0.2) is 5.78 Å². The minimum atomic E-state index is 0.0270.